The van der Waals surface area contributed by atoms with Crippen LogP contribution in [-0.4, -0.2) is 34.9 Å². The summed E-state index contributed by atoms with van der Waals surface area (Å²) in [5.74, 6) is -0.0499. The van der Waals surface area contributed by atoms with Crippen LogP contribution in [0.4, 0.5) is 5.69 Å². The molecule has 31 heavy (non-hydrogen) atoms. The molecule has 4 rings (SSSR count). The number of aromatic nitrogens is 2. The average Bonchev–Trinajstić information content (AvgIpc) is 3.13. The van der Waals surface area contributed by atoms with E-state index in [0.29, 0.717) is 29.4 Å². The van der Waals surface area contributed by atoms with E-state index in [9.17, 15) is 9.59 Å². The first-order valence-electron chi connectivity index (χ1n) is 9.89. The number of amides is 1. The van der Waals surface area contributed by atoms with Crippen LogP contribution >= 0.6 is 11.8 Å². The molecule has 0 fully saturated rings. The Labute approximate surface area is 183 Å². The minimum Gasteiger partial charge on any atom is -0.448 e. The highest BCUT2D eigenvalue weighted by atomic mass is 32.2. The Bertz CT molecular complexity index is 1330. The maximum atomic E-state index is 13.1. The minimum absolute atomic E-state index is 0.119. The number of ether oxygens (including phenoxy) is 1. The van der Waals surface area contributed by atoms with Crippen molar-refractivity contribution in [1.82, 2.24) is 9.55 Å². The standard InChI is InChI=1S/C23H23N3O4S/c1-14-8-9-16(12-15(14)2)24-19(27)13-31-23-25-20-17-6-4-5-7-18(17)30-21(20)22(28)26(23)10-11-29-3/h4-9,12H,10-11,13H2,1-3H3,(H,24,27). The molecule has 1 N–H and O–H groups in total. The highest BCUT2D eigenvalue weighted by Crippen LogP contribution is 2.27. The van der Waals surface area contributed by atoms with E-state index in [-0.39, 0.29) is 22.8 Å². The van der Waals surface area contributed by atoms with E-state index in [1.165, 1.54) is 21.9 Å². The number of rotatable bonds is 7. The summed E-state index contributed by atoms with van der Waals surface area (Å²) in [4.78, 5) is 30.3. The quantitative estimate of drug-likeness (QED) is 0.345. The number of para-hydroxylation sites is 1. The minimum atomic E-state index is -0.282. The Hall–Kier alpha value is -3.10. The molecule has 0 atom stereocenters. The molecular weight excluding hydrogens is 414 g/mol. The van der Waals surface area contributed by atoms with Crippen LogP contribution < -0.4 is 10.9 Å². The van der Waals surface area contributed by atoms with Crippen molar-refractivity contribution in [3.63, 3.8) is 0 Å². The number of carbonyl (C=O) groups is 1. The number of nitrogens with one attached hydrogen (secondary N) is 1. The summed E-state index contributed by atoms with van der Waals surface area (Å²) in [5.41, 5.74) is 4.06. The van der Waals surface area contributed by atoms with Crippen LogP contribution in [0.15, 0.2) is 56.8 Å². The third-order valence-electron chi connectivity index (χ3n) is 5.09. The van der Waals surface area contributed by atoms with Crippen molar-refractivity contribution in [2.75, 3.05) is 24.8 Å². The number of aryl methyl sites for hydroxylation is 2. The van der Waals surface area contributed by atoms with Gasteiger partial charge in [0.1, 0.15) is 11.1 Å². The Morgan fingerprint density at radius 2 is 2.00 bits per heavy atom. The number of furan rings is 1. The van der Waals surface area contributed by atoms with E-state index in [4.69, 9.17) is 9.15 Å². The molecule has 4 aromatic rings. The number of hydrogen-bond donors (Lipinski definition) is 1. The van der Waals surface area contributed by atoms with Crippen molar-refractivity contribution < 1.29 is 13.9 Å². The van der Waals surface area contributed by atoms with Crippen LogP contribution in [0.25, 0.3) is 22.1 Å². The lowest BCUT2D eigenvalue weighted by atomic mass is 10.1. The predicted molar refractivity (Wildman–Crippen MR) is 123 cm³/mol. The Balaban J connectivity index is 1.63. The first kappa shape index (κ1) is 21.1. The third-order valence-corrected chi connectivity index (χ3v) is 6.07. The van der Waals surface area contributed by atoms with Crippen molar-refractivity contribution in [2.24, 2.45) is 0 Å². The molecule has 0 spiro atoms. The van der Waals surface area contributed by atoms with Crippen LogP contribution in [0, 0.1) is 13.8 Å². The smallest absolute Gasteiger partial charge is 0.297 e. The summed E-state index contributed by atoms with van der Waals surface area (Å²) >= 11 is 1.22. The molecule has 8 heteroatoms. The molecule has 0 aliphatic heterocycles. The zero-order chi connectivity index (χ0) is 22.0. The molecule has 0 aliphatic rings. The molecule has 0 radical (unpaired) electrons. The van der Waals surface area contributed by atoms with Gasteiger partial charge in [0.15, 0.2) is 5.16 Å². The molecule has 0 unspecified atom stereocenters. The largest absolute Gasteiger partial charge is 0.448 e. The first-order chi connectivity index (χ1) is 15.0. The maximum absolute atomic E-state index is 13.1. The molecule has 7 nitrogen and oxygen atoms in total. The van der Waals surface area contributed by atoms with Crippen molar-refractivity contribution in [1.29, 1.82) is 0 Å². The summed E-state index contributed by atoms with van der Waals surface area (Å²) in [7, 11) is 1.57. The molecule has 1 amide bonds. The predicted octanol–water partition coefficient (Wildman–Crippen LogP) is 4.14. The number of methoxy groups -OCH3 is 1. The topological polar surface area (TPSA) is 86.4 Å². The van der Waals surface area contributed by atoms with Gasteiger partial charge < -0.3 is 14.5 Å². The van der Waals surface area contributed by atoms with Gasteiger partial charge in [-0.05, 0) is 49.2 Å². The summed E-state index contributed by atoms with van der Waals surface area (Å²) in [5, 5.41) is 4.13. The third kappa shape index (κ3) is 4.35. The molecule has 2 heterocycles. The average molecular weight is 438 g/mol. The second-order valence-electron chi connectivity index (χ2n) is 7.26. The summed E-state index contributed by atoms with van der Waals surface area (Å²) < 4.78 is 12.4. The van der Waals surface area contributed by atoms with Gasteiger partial charge >= 0.3 is 0 Å². The van der Waals surface area contributed by atoms with Crippen LogP contribution in [0.2, 0.25) is 0 Å². The molecule has 0 bridgehead atoms. The lowest BCUT2D eigenvalue weighted by molar-refractivity contribution is -0.113. The molecule has 0 aliphatic carbocycles. The van der Waals surface area contributed by atoms with E-state index in [1.807, 2.05) is 50.2 Å². The lowest BCUT2D eigenvalue weighted by Crippen LogP contribution is -2.25. The fourth-order valence-corrected chi connectivity index (χ4v) is 4.11. The number of hydrogen-bond acceptors (Lipinski definition) is 6. The van der Waals surface area contributed by atoms with Gasteiger partial charge in [-0.1, -0.05) is 30.0 Å². The number of nitrogens with zero attached hydrogens (tertiary/aromatic N) is 2. The van der Waals surface area contributed by atoms with Crippen LogP contribution in [0.5, 0.6) is 0 Å². The van der Waals surface area contributed by atoms with Gasteiger partial charge in [0.05, 0.1) is 18.9 Å². The van der Waals surface area contributed by atoms with E-state index in [2.05, 4.69) is 10.3 Å². The van der Waals surface area contributed by atoms with Crippen molar-refractivity contribution >= 4 is 45.4 Å². The van der Waals surface area contributed by atoms with Crippen molar-refractivity contribution in [3.8, 4) is 0 Å². The molecular formula is C23H23N3O4S. The zero-order valence-electron chi connectivity index (χ0n) is 17.6. The number of anilines is 1. The first-order valence-corrected chi connectivity index (χ1v) is 10.9. The highest BCUT2D eigenvalue weighted by Gasteiger charge is 2.18. The van der Waals surface area contributed by atoms with E-state index in [1.54, 1.807) is 13.2 Å². The van der Waals surface area contributed by atoms with Gasteiger partial charge in [-0.25, -0.2) is 4.98 Å². The van der Waals surface area contributed by atoms with E-state index >= 15 is 0 Å². The molecule has 2 aromatic carbocycles. The second kappa shape index (κ2) is 8.95. The van der Waals surface area contributed by atoms with Gasteiger partial charge in [-0.3, -0.25) is 14.2 Å². The van der Waals surface area contributed by atoms with E-state index < -0.39 is 0 Å². The van der Waals surface area contributed by atoms with Crippen molar-refractivity contribution in [2.45, 2.75) is 25.5 Å². The summed E-state index contributed by atoms with van der Waals surface area (Å²) in [6.07, 6.45) is 0. The van der Waals surface area contributed by atoms with Gasteiger partial charge in [-0.2, -0.15) is 0 Å². The summed E-state index contributed by atoms with van der Waals surface area (Å²) in [6.45, 7) is 4.69. The van der Waals surface area contributed by atoms with Gasteiger partial charge in [0.25, 0.3) is 5.56 Å². The normalized spacial score (nSPS) is 11.3. The van der Waals surface area contributed by atoms with Gasteiger partial charge in [-0.15, -0.1) is 0 Å². The summed E-state index contributed by atoms with van der Waals surface area (Å²) in [6, 6.07) is 13.2. The zero-order valence-corrected chi connectivity index (χ0v) is 18.4. The van der Waals surface area contributed by atoms with Crippen LogP contribution in [-0.2, 0) is 16.1 Å². The second-order valence-corrected chi connectivity index (χ2v) is 8.20. The molecule has 0 saturated heterocycles. The Morgan fingerprint density at radius 3 is 2.77 bits per heavy atom. The number of benzene rings is 2. The Kier molecular flexibility index (Phi) is 6.11. The molecule has 160 valence electrons. The monoisotopic (exact) mass is 437 g/mol. The highest BCUT2D eigenvalue weighted by molar-refractivity contribution is 7.99. The number of fused-ring (bicyclic) bond motifs is 3. The molecule has 2 aromatic heterocycles. The van der Waals surface area contributed by atoms with Gasteiger partial charge in [0, 0.05) is 18.2 Å². The molecule has 0 saturated carbocycles. The van der Waals surface area contributed by atoms with Crippen molar-refractivity contribution in [3.05, 3.63) is 63.9 Å². The lowest BCUT2D eigenvalue weighted by Gasteiger charge is -2.11. The fourth-order valence-electron chi connectivity index (χ4n) is 3.29. The van der Waals surface area contributed by atoms with Crippen LogP contribution in [0.3, 0.4) is 0 Å². The van der Waals surface area contributed by atoms with Gasteiger partial charge in [0.2, 0.25) is 11.5 Å². The number of thioether (sulfide) groups is 1. The fraction of sp³-hybridized carbons (Fsp3) is 0.261. The number of carbonyl (C=O) groups excluding carboxylic acids is 1. The van der Waals surface area contributed by atoms with E-state index in [0.717, 1.165) is 16.6 Å². The maximum Gasteiger partial charge on any atom is 0.297 e. The Morgan fingerprint density at radius 1 is 1.19 bits per heavy atom. The SMILES string of the molecule is COCCn1c(SCC(=O)Nc2ccc(C)c(C)c2)nc2c(oc3ccccc32)c1=O. The van der Waals surface area contributed by atoms with Crippen LogP contribution in [0.1, 0.15) is 11.1 Å².